The quantitative estimate of drug-likeness (QED) is 0.904. The topological polar surface area (TPSA) is 80.0 Å². The summed E-state index contributed by atoms with van der Waals surface area (Å²) in [5.74, 6) is -0.875. The molecule has 0 radical (unpaired) electrons. The van der Waals surface area contributed by atoms with Crippen LogP contribution < -0.4 is 5.32 Å². The van der Waals surface area contributed by atoms with Crippen LogP contribution in [0.2, 0.25) is 5.02 Å². The van der Waals surface area contributed by atoms with Crippen molar-refractivity contribution in [3.05, 3.63) is 40.9 Å². The molecule has 1 amide bonds. The van der Waals surface area contributed by atoms with Crippen molar-refractivity contribution in [3.63, 3.8) is 0 Å². The Balaban J connectivity index is 2.03. The van der Waals surface area contributed by atoms with Crippen LogP contribution in [-0.2, 0) is 16.9 Å². The Morgan fingerprint density at radius 3 is 2.81 bits per heavy atom. The van der Waals surface area contributed by atoms with Gasteiger partial charge in [-0.1, -0.05) is 16.8 Å². The molecule has 0 spiro atoms. The number of halogens is 2. The number of carbonyl (C=O) groups is 1. The lowest BCUT2D eigenvalue weighted by Crippen LogP contribution is -2.19. The lowest BCUT2D eigenvalue weighted by atomic mass is 10.1. The van der Waals surface area contributed by atoms with Gasteiger partial charge in [-0.2, -0.15) is 0 Å². The molecule has 2 rings (SSSR count). The van der Waals surface area contributed by atoms with Gasteiger partial charge in [0.1, 0.15) is 23.7 Å². The molecule has 0 saturated carbocycles. The molecule has 2 aromatic rings. The third-order valence-corrected chi connectivity index (χ3v) is 2.99. The molecule has 0 saturated heterocycles. The summed E-state index contributed by atoms with van der Waals surface area (Å²) in [6, 6.07) is 3.68. The number of benzene rings is 1. The van der Waals surface area contributed by atoms with Crippen molar-refractivity contribution in [2.24, 2.45) is 0 Å². The highest BCUT2D eigenvalue weighted by atomic mass is 35.5. The third kappa shape index (κ3) is 3.99. The highest BCUT2D eigenvalue weighted by molar-refractivity contribution is 6.33. The van der Waals surface area contributed by atoms with Crippen molar-refractivity contribution < 1.29 is 14.3 Å². The fourth-order valence-electron chi connectivity index (χ4n) is 1.58. The van der Waals surface area contributed by atoms with Crippen molar-refractivity contribution in [2.75, 3.05) is 5.32 Å². The third-order valence-electron chi connectivity index (χ3n) is 2.68. The summed E-state index contributed by atoms with van der Waals surface area (Å²) in [5.41, 5.74) is -0.462. The van der Waals surface area contributed by atoms with E-state index in [1.807, 2.05) is 0 Å². The monoisotopic (exact) mass is 312 g/mol. The van der Waals surface area contributed by atoms with Gasteiger partial charge in [-0.05, 0) is 32.0 Å². The molecule has 6 nitrogen and oxygen atoms in total. The summed E-state index contributed by atoms with van der Waals surface area (Å²) in [7, 11) is 0. The molecule has 0 bridgehead atoms. The number of carbonyl (C=O) groups excluding carboxylic acids is 1. The highest BCUT2D eigenvalue weighted by Gasteiger charge is 2.20. The van der Waals surface area contributed by atoms with E-state index in [0.29, 0.717) is 11.4 Å². The second-order valence-electron chi connectivity index (χ2n) is 5.03. The largest absolute Gasteiger partial charge is 0.384 e. The van der Waals surface area contributed by atoms with Gasteiger partial charge in [-0.25, -0.2) is 9.07 Å². The number of aliphatic hydroxyl groups is 1. The van der Waals surface area contributed by atoms with Gasteiger partial charge < -0.3 is 10.4 Å². The van der Waals surface area contributed by atoms with Crippen molar-refractivity contribution >= 4 is 23.2 Å². The predicted octanol–water partition coefficient (Wildman–Crippen LogP) is 1.94. The van der Waals surface area contributed by atoms with Gasteiger partial charge in [0.25, 0.3) is 0 Å². The van der Waals surface area contributed by atoms with E-state index in [4.69, 9.17) is 11.6 Å². The van der Waals surface area contributed by atoms with Crippen molar-refractivity contribution in [2.45, 2.75) is 26.0 Å². The fraction of sp³-hybridized carbons (Fsp3) is 0.308. The van der Waals surface area contributed by atoms with Gasteiger partial charge in [0.2, 0.25) is 5.91 Å². The second kappa shape index (κ2) is 5.79. The van der Waals surface area contributed by atoms with Crippen LogP contribution in [0.15, 0.2) is 24.4 Å². The van der Waals surface area contributed by atoms with Crippen molar-refractivity contribution in [1.82, 2.24) is 15.0 Å². The number of amides is 1. The summed E-state index contributed by atoms with van der Waals surface area (Å²) >= 11 is 5.82. The average molecular weight is 313 g/mol. The molecule has 8 heteroatoms. The van der Waals surface area contributed by atoms with Crippen LogP contribution >= 0.6 is 11.6 Å². The number of hydrogen-bond acceptors (Lipinski definition) is 4. The fourth-order valence-corrected chi connectivity index (χ4v) is 1.80. The van der Waals surface area contributed by atoms with Crippen LogP contribution in [0.5, 0.6) is 0 Å². The first-order chi connectivity index (χ1) is 9.75. The molecule has 0 aliphatic carbocycles. The number of aromatic nitrogens is 3. The van der Waals surface area contributed by atoms with Gasteiger partial charge in [0, 0.05) is 0 Å². The molecule has 2 N–H and O–H groups in total. The lowest BCUT2D eigenvalue weighted by Gasteiger charge is -2.11. The minimum absolute atomic E-state index is 0.100. The van der Waals surface area contributed by atoms with E-state index in [2.05, 4.69) is 15.6 Å². The standard InChI is InChI=1S/C13H14ClFN4O2/c1-13(2,21)11-6-19(18-17-11)7-12(20)16-10-4-3-8(15)5-9(10)14/h3-6,21H,7H2,1-2H3,(H,16,20). The van der Waals surface area contributed by atoms with E-state index in [9.17, 15) is 14.3 Å². The molecule has 0 unspecified atom stereocenters. The van der Waals surface area contributed by atoms with Crippen LogP contribution in [0.25, 0.3) is 0 Å². The van der Waals surface area contributed by atoms with E-state index >= 15 is 0 Å². The van der Waals surface area contributed by atoms with Crippen LogP contribution in [0.4, 0.5) is 10.1 Å². The first-order valence-corrected chi connectivity index (χ1v) is 6.51. The number of hydrogen-bond donors (Lipinski definition) is 2. The van der Waals surface area contributed by atoms with Crippen LogP contribution in [0, 0.1) is 5.82 Å². The Kier molecular flexibility index (Phi) is 4.24. The maximum atomic E-state index is 12.9. The number of anilines is 1. The van der Waals surface area contributed by atoms with Gasteiger partial charge in [0.05, 0.1) is 16.9 Å². The van der Waals surface area contributed by atoms with Crippen molar-refractivity contribution in [1.29, 1.82) is 0 Å². The molecule has 1 aromatic heterocycles. The smallest absolute Gasteiger partial charge is 0.246 e. The Bertz CT molecular complexity index is 666. The van der Waals surface area contributed by atoms with E-state index in [0.717, 1.165) is 6.07 Å². The summed E-state index contributed by atoms with van der Waals surface area (Å²) in [6.45, 7) is 3.04. The molecule has 0 aliphatic rings. The number of nitrogens with zero attached hydrogens (tertiary/aromatic N) is 3. The Labute approximate surface area is 125 Å². The Hall–Kier alpha value is -1.99. The molecule has 0 aliphatic heterocycles. The first kappa shape index (κ1) is 15.4. The molecular weight excluding hydrogens is 299 g/mol. The Morgan fingerprint density at radius 1 is 1.52 bits per heavy atom. The van der Waals surface area contributed by atoms with Gasteiger partial charge >= 0.3 is 0 Å². The van der Waals surface area contributed by atoms with E-state index in [1.54, 1.807) is 13.8 Å². The van der Waals surface area contributed by atoms with E-state index in [1.165, 1.54) is 23.0 Å². The minimum atomic E-state index is -1.13. The zero-order valence-corrected chi connectivity index (χ0v) is 12.2. The molecule has 1 heterocycles. The lowest BCUT2D eigenvalue weighted by molar-refractivity contribution is -0.116. The Morgan fingerprint density at radius 2 is 2.24 bits per heavy atom. The zero-order valence-electron chi connectivity index (χ0n) is 11.5. The predicted molar refractivity (Wildman–Crippen MR) is 75.3 cm³/mol. The van der Waals surface area contributed by atoms with Crippen molar-refractivity contribution in [3.8, 4) is 0 Å². The summed E-state index contributed by atoms with van der Waals surface area (Å²) in [6.07, 6.45) is 1.48. The minimum Gasteiger partial charge on any atom is -0.384 e. The molecule has 1 aromatic carbocycles. The SMILES string of the molecule is CC(C)(O)c1cn(CC(=O)Nc2ccc(F)cc2Cl)nn1. The maximum absolute atomic E-state index is 12.9. The highest BCUT2D eigenvalue weighted by Crippen LogP contribution is 2.22. The molecule has 0 atom stereocenters. The summed E-state index contributed by atoms with van der Waals surface area (Å²) in [4.78, 5) is 11.9. The summed E-state index contributed by atoms with van der Waals surface area (Å²) in [5, 5.41) is 20.0. The van der Waals surface area contributed by atoms with Crippen LogP contribution in [0.3, 0.4) is 0 Å². The van der Waals surface area contributed by atoms with Crippen LogP contribution in [-0.4, -0.2) is 26.0 Å². The van der Waals surface area contributed by atoms with Gasteiger partial charge in [-0.15, -0.1) is 5.10 Å². The van der Waals surface area contributed by atoms with E-state index < -0.39 is 17.3 Å². The molecule has 112 valence electrons. The van der Waals surface area contributed by atoms with E-state index in [-0.39, 0.29) is 11.6 Å². The molecule has 0 fully saturated rings. The number of nitrogens with one attached hydrogen (secondary N) is 1. The molecular formula is C13H14ClFN4O2. The second-order valence-corrected chi connectivity index (χ2v) is 5.44. The number of rotatable bonds is 4. The van der Waals surface area contributed by atoms with Gasteiger partial charge in [-0.3, -0.25) is 4.79 Å². The molecule has 21 heavy (non-hydrogen) atoms. The first-order valence-electron chi connectivity index (χ1n) is 6.13. The zero-order chi connectivity index (χ0) is 15.6. The van der Waals surface area contributed by atoms with Crippen LogP contribution in [0.1, 0.15) is 19.5 Å². The van der Waals surface area contributed by atoms with Gasteiger partial charge in [0.15, 0.2) is 0 Å². The average Bonchev–Trinajstić information content (AvgIpc) is 2.81. The summed E-state index contributed by atoms with van der Waals surface area (Å²) < 4.78 is 14.2. The maximum Gasteiger partial charge on any atom is 0.246 e. The normalized spacial score (nSPS) is 11.5.